The van der Waals surface area contributed by atoms with Gasteiger partial charge in [0.05, 0.1) is 5.52 Å². The van der Waals surface area contributed by atoms with Gasteiger partial charge in [-0.05, 0) is 24.3 Å². The first-order chi connectivity index (χ1) is 12.6. The zero-order valence-corrected chi connectivity index (χ0v) is 14.2. The monoisotopic (exact) mass is 368 g/mol. The van der Waals surface area contributed by atoms with E-state index < -0.39 is 17.8 Å². The van der Waals surface area contributed by atoms with E-state index in [2.05, 4.69) is 15.4 Å². The van der Waals surface area contributed by atoms with Crippen molar-refractivity contribution >= 4 is 33.3 Å². The second kappa shape index (κ2) is 6.57. The summed E-state index contributed by atoms with van der Waals surface area (Å²) in [5, 5.41) is 20.3. The van der Waals surface area contributed by atoms with Gasteiger partial charge in [-0.3, -0.25) is 14.8 Å². The van der Waals surface area contributed by atoms with Crippen LogP contribution in [-0.4, -0.2) is 25.8 Å². The molecule has 0 spiro atoms. The van der Waals surface area contributed by atoms with Crippen molar-refractivity contribution in [2.24, 2.45) is 0 Å². The lowest BCUT2D eigenvalue weighted by Crippen LogP contribution is -2.27. The van der Waals surface area contributed by atoms with Crippen LogP contribution in [0.3, 0.4) is 0 Å². The largest absolute Gasteiger partial charge is 0.508 e. The van der Waals surface area contributed by atoms with Crippen LogP contribution in [0, 0.1) is 5.82 Å². The summed E-state index contributed by atoms with van der Waals surface area (Å²) in [6, 6.07) is 9.80. The van der Waals surface area contributed by atoms with Crippen molar-refractivity contribution in [3.8, 4) is 5.75 Å². The lowest BCUT2D eigenvalue weighted by atomic mass is 10.0. The summed E-state index contributed by atoms with van der Waals surface area (Å²) in [4.78, 5) is 16.9. The number of thiazole rings is 1. The molecule has 0 unspecified atom stereocenters. The zero-order valence-electron chi connectivity index (χ0n) is 13.3. The van der Waals surface area contributed by atoms with Crippen LogP contribution < -0.4 is 5.32 Å². The average molecular weight is 368 g/mol. The molecule has 26 heavy (non-hydrogen) atoms. The number of aromatic hydroxyl groups is 1. The van der Waals surface area contributed by atoms with E-state index in [1.165, 1.54) is 22.1 Å². The number of hydrogen-bond donors (Lipinski definition) is 2. The second-order valence-electron chi connectivity index (χ2n) is 5.60. The summed E-state index contributed by atoms with van der Waals surface area (Å²) in [6.45, 7) is 0. The Morgan fingerprint density at radius 3 is 2.88 bits per heavy atom. The van der Waals surface area contributed by atoms with Crippen molar-refractivity contribution in [1.82, 2.24) is 14.8 Å². The number of aromatic nitrogens is 3. The standard InChI is InChI=1S/C18H13FN4O2S/c19-12-5-6-15(24)13(9-12)16(17(25)21-18-20-7-8-26-18)23-10-11-3-1-2-4-14(11)22-23/h1-10,16,24H,(H,20,21,25)/t16-/m1/s1. The fourth-order valence-electron chi connectivity index (χ4n) is 2.72. The number of amides is 1. The number of nitrogens with one attached hydrogen (secondary N) is 1. The van der Waals surface area contributed by atoms with E-state index >= 15 is 0 Å². The van der Waals surface area contributed by atoms with Gasteiger partial charge in [0.25, 0.3) is 5.91 Å². The highest BCUT2D eigenvalue weighted by molar-refractivity contribution is 7.13. The van der Waals surface area contributed by atoms with E-state index in [4.69, 9.17) is 0 Å². The van der Waals surface area contributed by atoms with Gasteiger partial charge in [0.1, 0.15) is 11.6 Å². The molecule has 4 aromatic rings. The first-order valence-corrected chi connectivity index (χ1v) is 8.62. The molecular formula is C18H13FN4O2S. The predicted molar refractivity (Wildman–Crippen MR) is 96.7 cm³/mol. The van der Waals surface area contributed by atoms with E-state index in [1.807, 2.05) is 24.3 Å². The summed E-state index contributed by atoms with van der Waals surface area (Å²) in [6.07, 6.45) is 3.25. The maximum Gasteiger partial charge on any atom is 0.255 e. The molecule has 0 saturated heterocycles. The van der Waals surface area contributed by atoms with E-state index in [1.54, 1.807) is 17.8 Å². The van der Waals surface area contributed by atoms with Gasteiger partial charge in [-0.1, -0.05) is 18.2 Å². The Morgan fingerprint density at radius 2 is 2.12 bits per heavy atom. The molecule has 130 valence electrons. The summed E-state index contributed by atoms with van der Waals surface area (Å²) in [5.74, 6) is -1.22. The lowest BCUT2D eigenvalue weighted by molar-refractivity contribution is -0.118. The minimum absolute atomic E-state index is 0.117. The first-order valence-electron chi connectivity index (χ1n) is 7.74. The smallest absolute Gasteiger partial charge is 0.255 e. The Balaban J connectivity index is 1.82. The van der Waals surface area contributed by atoms with Gasteiger partial charge in [-0.15, -0.1) is 11.3 Å². The molecule has 0 aliphatic carbocycles. The van der Waals surface area contributed by atoms with Crippen LogP contribution in [0.4, 0.5) is 9.52 Å². The number of phenols is 1. The van der Waals surface area contributed by atoms with Gasteiger partial charge >= 0.3 is 0 Å². The molecule has 2 aromatic carbocycles. The van der Waals surface area contributed by atoms with Crippen molar-refractivity contribution in [3.05, 3.63) is 71.6 Å². The van der Waals surface area contributed by atoms with Crippen molar-refractivity contribution in [1.29, 1.82) is 0 Å². The van der Waals surface area contributed by atoms with Crippen molar-refractivity contribution in [3.63, 3.8) is 0 Å². The third kappa shape index (κ3) is 3.02. The molecule has 2 aromatic heterocycles. The number of nitrogens with zero attached hydrogens (tertiary/aromatic N) is 3. The van der Waals surface area contributed by atoms with Crippen LogP contribution in [0.5, 0.6) is 5.75 Å². The number of hydrogen-bond acceptors (Lipinski definition) is 5. The first kappa shape index (κ1) is 16.2. The van der Waals surface area contributed by atoms with E-state index in [-0.39, 0.29) is 11.3 Å². The Bertz CT molecular complexity index is 1040. The summed E-state index contributed by atoms with van der Waals surface area (Å²) in [7, 11) is 0. The Hall–Kier alpha value is -3.26. The molecule has 4 rings (SSSR count). The number of carbonyl (C=O) groups is 1. The van der Waals surface area contributed by atoms with Gasteiger partial charge in [0.15, 0.2) is 11.2 Å². The van der Waals surface area contributed by atoms with Gasteiger partial charge < -0.3 is 5.11 Å². The molecule has 1 atom stereocenters. The highest BCUT2D eigenvalue weighted by Gasteiger charge is 2.27. The fraction of sp³-hybridized carbons (Fsp3) is 0.0556. The van der Waals surface area contributed by atoms with Crippen LogP contribution >= 0.6 is 11.3 Å². The van der Waals surface area contributed by atoms with E-state index in [0.717, 1.165) is 17.5 Å². The molecule has 0 fully saturated rings. The van der Waals surface area contributed by atoms with Crippen molar-refractivity contribution in [2.45, 2.75) is 6.04 Å². The molecule has 0 radical (unpaired) electrons. The zero-order chi connectivity index (χ0) is 18.1. The normalized spacial score (nSPS) is 12.2. The molecule has 0 aliphatic heterocycles. The molecule has 1 amide bonds. The van der Waals surface area contributed by atoms with Gasteiger partial charge in [0.2, 0.25) is 0 Å². The topological polar surface area (TPSA) is 80.0 Å². The van der Waals surface area contributed by atoms with Crippen LogP contribution in [0.1, 0.15) is 11.6 Å². The van der Waals surface area contributed by atoms with Crippen LogP contribution in [0.25, 0.3) is 10.9 Å². The van der Waals surface area contributed by atoms with Gasteiger partial charge in [-0.25, -0.2) is 9.37 Å². The number of halogens is 1. The summed E-state index contributed by atoms with van der Waals surface area (Å²) in [5.41, 5.74) is 0.808. The van der Waals surface area contributed by atoms with Crippen LogP contribution in [-0.2, 0) is 4.79 Å². The third-order valence-electron chi connectivity index (χ3n) is 3.89. The Labute approximate surface area is 151 Å². The number of phenolic OH excluding ortho intramolecular Hbond substituents is 1. The molecule has 2 heterocycles. The predicted octanol–water partition coefficient (Wildman–Crippen LogP) is 3.57. The number of carbonyl (C=O) groups excluding carboxylic acids is 1. The van der Waals surface area contributed by atoms with Crippen LogP contribution in [0.2, 0.25) is 0 Å². The van der Waals surface area contributed by atoms with Crippen molar-refractivity contribution < 1.29 is 14.3 Å². The maximum absolute atomic E-state index is 13.8. The minimum atomic E-state index is -1.05. The lowest BCUT2D eigenvalue weighted by Gasteiger charge is -2.18. The molecule has 0 bridgehead atoms. The third-order valence-corrected chi connectivity index (χ3v) is 4.58. The second-order valence-corrected chi connectivity index (χ2v) is 6.49. The summed E-state index contributed by atoms with van der Waals surface area (Å²) < 4.78 is 15.2. The molecule has 0 saturated carbocycles. The van der Waals surface area contributed by atoms with Gasteiger partial charge in [-0.2, -0.15) is 5.10 Å². The quantitative estimate of drug-likeness (QED) is 0.577. The molecule has 8 heteroatoms. The maximum atomic E-state index is 13.8. The molecule has 6 nitrogen and oxygen atoms in total. The number of benzene rings is 2. The minimum Gasteiger partial charge on any atom is -0.508 e. The van der Waals surface area contributed by atoms with Crippen molar-refractivity contribution in [2.75, 3.05) is 5.32 Å². The SMILES string of the molecule is O=C(Nc1nccs1)[C@@H](c1cc(F)ccc1O)n1cc2ccccc2n1. The van der Waals surface area contributed by atoms with E-state index in [0.29, 0.717) is 10.6 Å². The van der Waals surface area contributed by atoms with E-state index in [9.17, 15) is 14.3 Å². The average Bonchev–Trinajstić information content (AvgIpc) is 3.27. The highest BCUT2D eigenvalue weighted by atomic mass is 32.1. The summed E-state index contributed by atoms with van der Waals surface area (Å²) >= 11 is 1.26. The van der Waals surface area contributed by atoms with Crippen LogP contribution in [0.15, 0.2) is 60.2 Å². The Morgan fingerprint density at radius 1 is 1.27 bits per heavy atom. The molecular weight excluding hydrogens is 355 g/mol. The molecule has 0 aliphatic rings. The number of rotatable bonds is 4. The highest BCUT2D eigenvalue weighted by Crippen LogP contribution is 2.30. The number of anilines is 1. The van der Waals surface area contributed by atoms with Gasteiger partial charge in [0, 0.05) is 28.7 Å². The molecule has 2 N–H and O–H groups in total. The number of fused-ring (bicyclic) bond motifs is 1. The Kier molecular flexibility index (Phi) is 4.10. The fourth-order valence-corrected chi connectivity index (χ4v) is 3.25.